The van der Waals surface area contributed by atoms with E-state index in [2.05, 4.69) is 9.97 Å². The number of hydrogen-bond acceptors (Lipinski definition) is 10. The van der Waals surface area contributed by atoms with Gasteiger partial charge in [-0.25, -0.2) is 26.8 Å². The molecule has 0 saturated carbocycles. The quantitative estimate of drug-likeness (QED) is 0.126. The Morgan fingerprint density at radius 2 is 1.26 bits per heavy atom. The summed E-state index contributed by atoms with van der Waals surface area (Å²) in [6.45, 7) is 2.00. The number of hydrogen-bond donors (Lipinski definition) is 0. The van der Waals surface area contributed by atoms with E-state index in [4.69, 9.17) is 35.7 Å². The molecule has 1 aliphatic rings. The van der Waals surface area contributed by atoms with Crippen LogP contribution in [-0.2, 0) is 44.5 Å². The second kappa shape index (κ2) is 16.2. The standard InChI is InChI=1S/C17H12N4.C4H8O.2CHF3O3S.Zn/c1-2-10-18-14(6-1)15-7-3-8-16(20-15)21-12-9-13-5-4-11-19-17(13)21;1-2-4-5-3-1;2*2-1(3,4)8(5,6)7;/h1-12H;1-4H2;2*(H,5,6,7);/q;;;;+2/p-2. The molecular formula is C23H20F6N4O7S2Zn. The fourth-order valence-electron chi connectivity index (χ4n) is 2.88. The van der Waals surface area contributed by atoms with Gasteiger partial charge in [-0.1, -0.05) is 12.1 Å². The summed E-state index contributed by atoms with van der Waals surface area (Å²) in [5, 5.41) is 1.10. The predicted octanol–water partition coefficient (Wildman–Crippen LogP) is 4.38. The zero-order chi connectivity index (χ0) is 31.6. The molecule has 11 nitrogen and oxygen atoms in total. The van der Waals surface area contributed by atoms with Crippen molar-refractivity contribution in [3.8, 4) is 17.2 Å². The van der Waals surface area contributed by atoms with Crippen molar-refractivity contribution in [1.82, 2.24) is 19.5 Å². The zero-order valence-electron chi connectivity index (χ0n) is 21.7. The van der Waals surface area contributed by atoms with Crippen molar-refractivity contribution in [3.05, 3.63) is 73.2 Å². The van der Waals surface area contributed by atoms with Crippen molar-refractivity contribution in [1.29, 1.82) is 0 Å². The number of pyridine rings is 3. The van der Waals surface area contributed by atoms with E-state index in [1.54, 1.807) is 12.4 Å². The molecule has 0 bridgehead atoms. The molecule has 5 heterocycles. The molecule has 0 unspecified atom stereocenters. The Bertz CT molecular complexity index is 1600. The SMILES string of the molecule is C1CCOC1.O=S(=O)([O-])C(F)(F)F.O=S(=O)([O-])C(F)(F)F.[Zn+2].c1ccc(-c2cccc(-n3ccc4cccnc43)n2)nc1. The third-order valence-electron chi connectivity index (χ3n) is 4.75. The van der Waals surface area contributed by atoms with Gasteiger partial charge in [0.05, 0.1) is 11.4 Å². The zero-order valence-corrected chi connectivity index (χ0v) is 26.3. The number of fused-ring (bicyclic) bond motifs is 1. The average Bonchev–Trinajstić information content (AvgIpc) is 3.62. The molecule has 1 saturated heterocycles. The predicted molar refractivity (Wildman–Crippen MR) is 134 cm³/mol. The summed E-state index contributed by atoms with van der Waals surface area (Å²) in [6, 6.07) is 17.8. The minimum atomic E-state index is -6.09. The number of nitrogens with zero attached hydrogens (tertiary/aromatic N) is 4. The first kappa shape index (κ1) is 38.0. The summed E-state index contributed by atoms with van der Waals surface area (Å²) in [7, 11) is -12.2. The molecule has 0 radical (unpaired) electrons. The Hall–Kier alpha value is -3.03. The normalized spacial score (nSPS) is 13.3. The molecule has 0 atom stereocenters. The van der Waals surface area contributed by atoms with E-state index in [1.807, 2.05) is 65.4 Å². The number of aromatic nitrogens is 4. The average molecular weight is 708 g/mol. The Balaban J connectivity index is 0.000000349. The van der Waals surface area contributed by atoms with Gasteiger partial charge in [0.25, 0.3) is 0 Å². The molecule has 20 heteroatoms. The van der Waals surface area contributed by atoms with Gasteiger partial charge in [0.2, 0.25) is 0 Å². The van der Waals surface area contributed by atoms with E-state index >= 15 is 0 Å². The first-order chi connectivity index (χ1) is 19.4. The second-order valence-electron chi connectivity index (χ2n) is 7.82. The molecule has 43 heavy (non-hydrogen) atoms. The molecule has 0 aromatic carbocycles. The third kappa shape index (κ3) is 12.2. The van der Waals surface area contributed by atoms with Gasteiger partial charge in [-0.3, -0.25) is 9.55 Å². The number of ether oxygens (including phenoxy) is 1. The Morgan fingerprint density at radius 1 is 0.721 bits per heavy atom. The fourth-order valence-corrected chi connectivity index (χ4v) is 2.88. The van der Waals surface area contributed by atoms with Crippen LogP contribution in [0.3, 0.4) is 0 Å². The summed E-state index contributed by atoms with van der Waals surface area (Å²) >= 11 is 0. The van der Waals surface area contributed by atoms with Crippen molar-refractivity contribution in [3.63, 3.8) is 0 Å². The Kier molecular flexibility index (Phi) is 14.3. The Morgan fingerprint density at radius 3 is 1.72 bits per heavy atom. The van der Waals surface area contributed by atoms with Gasteiger partial charge in [0.15, 0.2) is 20.2 Å². The van der Waals surface area contributed by atoms with Crippen LogP contribution in [0.15, 0.2) is 73.2 Å². The van der Waals surface area contributed by atoms with E-state index in [9.17, 15) is 26.3 Å². The van der Waals surface area contributed by atoms with Crippen LogP contribution in [0.25, 0.3) is 28.2 Å². The summed E-state index contributed by atoms with van der Waals surface area (Å²) in [5.41, 5.74) is -8.67. The molecule has 4 aromatic heterocycles. The van der Waals surface area contributed by atoms with Crippen molar-refractivity contribution in [2.75, 3.05) is 13.2 Å². The van der Waals surface area contributed by atoms with Gasteiger partial charge in [-0.05, 0) is 55.3 Å². The van der Waals surface area contributed by atoms with Gasteiger partial charge in [0.1, 0.15) is 11.5 Å². The molecule has 1 fully saturated rings. The molecule has 0 aliphatic carbocycles. The number of rotatable bonds is 2. The van der Waals surface area contributed by atoms with Crippen molar-refractivity contribution in [2.45, 2.75) is 23.9 Å². The molecule has 4 aromatic rings. The summed E-state index contributed by atoms with van der Waals surface area (Å²) < 4.78 is 125. The maximum absolute atomic E-state index is 10.7. The van der Waals surface area contributed by atoms with Crippen molar-refractivity contribution in [2.24, 2.45) is 0 Å². The molecule has 5 rings (SSSR count). The summed E-state index contributed by atoms with van der Waals surface area (Å²) in [5.74, 6) is 0.840. The van der Waals surface area contributed by atoms with Crippen LogP contribution in [0.1, 0.15) is 12.8 Å². The Labute approximate surface area is 254 Å². The topological polar surface area (TPSA) is 167 Å². The van der Waals surface area contributed by atoms with Gasteiger partial charge in [0, 0.05) is 37.2 Å². The smallest absolute Gasteiger partial charge is 0.741 e. The summed E-state index contributed by atoms with van der Waals surface area (Å²) in [6.07, 6.45) is 8.11. The number of alkyl halides is 6. The number of halogens is 6. The molecule has 230 valence electrons. The van der Waals surface area contributed by atoms with Crippen LogP contribution in [0.5, 0.6) is 0 Å². The monoisotopic (exact) mass is 706 g/mol. The third-order valence-corrected chi connectivity index (χ3v) is 5.88. The van der Waals surface area contributed by atoms with Crippen molar-refractivity contribution >= 4 is 31.3 Å². The van der Waals surface area contributed by atoms with E-state index in [0.717, 1.165) is 41.5 Å². The molecule has 1 aliphatic heterocycles. The van der Waals surface area contributed by atoms with Gasteiger partial charge in [-0.2, -0.15) is 26.3 Å². The van der Waals surface area contributed by atoms with Crippen molar-refractivity contribution < 1.29 is 76.5 Å². The largest absolute Gasteiger partial charge is 2.00 e. The maximum Gasteiger partial charge on any atom is 2.00 e. The minimum Gasteiger partial charge on any atom is -0.741 e. The van der Waals surface area contributed by atoms with Crippen LogP contribution >= 0.6 is 0 Å². The van der Waals surface area contributed by atoms with E-state index in [1.165, 1.54) is 12.8 Å². The van der Waals surface area contributed by atoms with Crippen LogP contribution in [0.4, 0.5) is 26.3 Å². The molecule has 0 amide bonds. The summed E-state index contributed by atoms with van der Waals surface area (Å²) in [4.78, 5) is 13.5. The first-order valence-electron chi connectivity index (χ1n) is 11.3. The van der Waals surface area contributed by atoms with Crippen LogP contribution in [0, 0.1) is 0 Å². The first-order valence-corrected chi connectivity index (χ1v) is 14.2. The van der Waals surface area contributed by atoms with Gasteiger partial charge >= 0.3 is 30.5 Å². The van der Waals surface area contributed by atoms with Crippen LogP contribution in [-0.4, -0.2) is 69.7 Å². The fraction of sp³-hybridized carbons (Fsp3) is 0.261. The minimum absolute atomic E-state index is 0. The molecule has 0 spiro atoms. The molecule has 0 N–H and O–H groups in total. The van der Waals surface area contributed by atoms with E-state index in [-0.39, 0.29) is 19.5 Å². The van der Waals surface area contributed by atoms with Crippen LogP contribution in [0.2, 0.25) is 0 Å². The van der Waals surface area contributed by atoms with E-state index in [0.29, 0.717) is 0 Å². The van der Waals surface area contributed by atoms with Gasteiger partial charge < -0.3 is 13.8 Å². The van der Waals surface area contributed by atoms with Crippen LogP contribution < -0.4 is 0 Å². The van der Waals surface area contributed by atoms with E-state index < -0.39 is 31.3 Å². The second-order valence-corrected chi connectivity index (χ2v) is 10.6. The molecular weight excluding hydrogens is 688 g/mol. The van der Waals surface area contributed by atoms with Gasteiger partial charge in [-0.15, -0.1) is 0 Å². The maximum atomic E-state index is 10.7.